The van der Waals surface area contributed by atoms with Crippen LogP contribution in [0.4, 0.5) is 5.69 Å². The molecule has 102 valence electrons. The molecule has 3 rings (SSSR count). The van der Waals surface area contributed by atoms with E-state index in [9.17, 15) is 0 Å². The summed E-state index contributed by atoms with van der Waals surface area (Å²) >= 11 is 5.20. The van der Waals surface area contributed by atoms with Gasteiger partial charge in [0.1, 0.15) is 0 Å². The summed E-state index contributed by atoms with van der Waals surface area (Å²) in [7, 11) is 0. The zero-order valence-electron chi connectivity index (χ0n) is 11.1. The quantitative estimate of drug-likeness (QED) is 0.859. The van der Waals surface area contributed by atoms with E-state index in [0.29, 0.717) is 5.11 Å². The molecule has 1 saturated heterocycles. The first-order valence-electron chi connectivity index (χ1n) is 6.73. The average Bonchev–Trinajstić information content (AvgIpc) is 2.94. The number of nitrogens with two attached hydrogens (primary N) is 1. The molecule has 0 saturated carbocycles. The molecule has 0 bridgehead atoms. The highest BCUT2D eigenvalue weighted by Crippen LogP contribution is 2.36. The van der Waals surface area contributed by atoms with Crippen LogP contribution in [0.15, 0.2) is 60.7 Å². The lowest BCUT2D eigenvalue weighted by Gasteiger charge is -2.34. The summed E-state index contributed by atoms with van der Waals surface area (Å²) in [6, 6.07) is 21.0. The third-order valence-electron chi connectivity index (χ3n) is 3.63. The van der Waals surface area contributed by atoms with E-state index in [1.807, 2.05) is 29.3 Å². The van der Waals surface area contributed by atoms with Gasteiger partial charge in [0, 0.05) is 6.54 Å². The van der Waals surface area contributed by atoms with Crippen LogP contribution in [0.1, 0.15) is 18.0 Å². The van der Waals surface area contributed by atoms with Crippen molar-refractivity contribution in [2.24, 2.45) is 5.73 Å². The molecule has 0 aliphatic carbocycles. The molecular formula is C16H17N3S. The molecular weight excluding hydrogens is 266 g/mol. The second-order valence-corrected chi connectivity index (χ2v) is 5.27. The van der Waals surface area contributed by atoms with E-state index in [1.165, 1.54) is 5.56 Å². The van der Waals surface area contributed by atoms with E-state index in [-0.39, 0.29) is 6.04 Å². The van der Waals surface area contributed by atoms with Crippen LogP contribution in [0.25, 0.3) is 0 Å². The van der Waals surface area contributed by atoms with Crippen LogP contribution >= 0.6 is 12.2 Å². The van der Waals surface area contributed by atoms with E-state index in [4.69, 9.17) is 18.0 Å². The molecule has 3 nitrogen and oxygen atoms in total. The minimum atomic E-state index is 0.278. The predicted molar refractivity (Wildman–Crippen MR) is 86.2 cm³/mol. The summed E-state index contributed by atoms with van der Waals surface area (Å²) in [6.45, 7) is 0.851. The van der Waals surface area contributed by atoms with Crippen molar-refractivity contribution in [2.45, 2.75) is 12.5 Å². The van der Waals surface area contributed by atoms with Crippen molar-refractivity contribution in [3.8, 4) is 0 Å². The molecule has 0 spiro atoms. The van der Waals surface area contributed by atoms with Crippen molar-refractivity contribution in [3.05, 3.63) is 66.2 Å². The number of hydrogen-bond donors (Lipinski definition) is 1. The number of hydrazine groups is 1. The van der Waals surface area contributed by atoms with Gasteiger partial charge in [0.15, 0.2) is 5.11 Å². The minimum absolute atomic E-state index is 0.278. The number of thiocarbonyl (C=S) groups is 1. The Morgan fingerprint density at radius 3 is 2.20 bits per heavy atom. The molecule has 0 aromatic heterocycles. The van der Waals surface area contributed by atoms with Crippen LogP contribution in [-0.4, -0.2) is 16.7 Å². The molecule has 0 radical (unpaired) electrons. The fourth-order valence-electron chi connectivity index (χ4n) is 2.74. The average molecular weight is 283 g/mol. The molecule has 0 unspecified atom stereocenters. The number of benzene rings is 2. The van der Waals surface area contributed by atoms with Gasteiger partial charge in [-0.05, 0) is 36.3 Å². The number of nitrogens with zero attached hydrogens (tertiary/aromatic N) is 2. The molecule has 1 fully saturated rings. The van der Waals surface area contributed by atoms with Crippen molar-refractivity contribution in [1.82, 2.24) is 5.01 Å². The fraction of sp³-hybridized carbons (Fsp3) is 0.188. The molecule has 2 aromatic carbocycles. The lowest BCUT2D eigenvalue weighted by Crippen LogP contribution is -2.45. The van der Waals surface area contributed by atoms with E-state index < -0.39 is 0 Å². The van der Waals surface area contributed by atoms with E-state index >= 15 is 0 Å². The molecule has 4 heteroatoms. The molecule has 2 aromatic rings. The van der Waals surface area contributed by atoms with Crippen LogP contribution < -0.4 is 10.7 Å². The van der Waals surface area contributed by atoms with Gasteiger partial charge in [-0.2, -0.15) is 0 Å². The first kappa shape index (κ1) is 12.9. The first-order chi connectivity index (χ1) is 9.77. The van der Waals surface area contributed by atoms with Gasteiger partial charge >= 0.3 is 0 Å². The van der Waals surface area contributed by atoms with Crippen LogP contribution in [0, 0.1) is 0 Å². The Morgan fingerprint density at radius 1 is 1.00 bits per heavy atom. The Balaban J connectivity index is 2.00. The lowest BCUT2D eigenvalue weighted by molar-refractivity contribution is 0.461. The third kappa shape index (κ3) is 2.34. The van der Waals surface area contributed by atoms with Crippen molar-refractivity contribution in [1.29, 1.82) is 0 Å². The second-order valence-electron chi connectivity index (χ2n) is 4.86. The molecule has 20 heavy (non-hydrogen) atoms. The normalized spacial score (nSPS) is 18.3. The number of hydrogen-bond acceptors (Lipinski definition) is 2. The van der Waals surface area contributed by atoms with Gasteiger partial charge in [-0.15, -0.1) is 0 Å². The van der Waals surface area contributed by atoms with Crippen molar-refractivity contribution < 1.29 is 0 Å². The van der Waals surface area contributed by atoms with Gasteiger partial charge in [0.2, 0.25) is 0 Å². The highest BCUT2D eigenvalue weighted by atomic mass is 32.1. The molecule has 2 N–H and O–H groups in total. The number of anilines is 1. The Labute approximate surface area is 124 Å². The summed E-state index contributed by atoms with van der Waals surface area (Å²) < 4.78 is 0. The maximum atomic E-state index is 5.88. The van der Waals surface area contributed by atoms with Crippen LogP contribution in [0.5, 0.6) is 0 Å². The van der Waals surface area contributed by atoms with E-state index in [1.54, 1.807) is 0 Å². The van der Waals surface area contributed by atoms with Crippen LogP contribution in [0.3, 0.4) is 0 Å². The fourth-order valence-corrected chi connectivity index (χ4v) is 2.92. The zero-order valence-corrected chi connectivity index (χ0v) is 12.0. The SMILES string of the molecule is NC(=S)N1CC[C@H](c2ccccc2)N1c1ccccc1. The molecule has 1 aliphatic rings. The Kier molecular flexibility index (Phi) is 3.56. The summed E-state index contributed by atoms with van der Waals surface area (Å²) in [4.78, 5) is 0. The zero-order chi connectivity index (χ0) is 13.9. The Hall–Kier alpha value is -2.07. The summed E-state index contributed by atoms with van der Waals surface area (Å²) in [5, 5.41) is 4.62. The van der Waals surface area contributed by atoms with Gasteiger partial charge in [0.25, 0.3) is 0 Å². The minimum Gasteiger partial charge on any atom is -0.375 e. The van der Waals surface area contributed by atoms with E-state index in [2.05, 4.69) is 41.4 Å². The van der Waals surface area contributed by atoms with Gasteiger partial charge < -0.3 is 5.73 Å². The smallest absolute Gasteiger partial charge is 0.185 e. The topological polar surface area (TPSA) is 32.5 Å². The van der Waals surface area contributed by atoms with Crippen molar-refractivity contribution in [2.75, 3.05) is 11.6 Å². The lowest BCUT2D eigenvalue weighted by atomic mass is 10.0. The van der Waals surface area contributed by atoms with Crippen LogP contribution in [-0.2, 0) is 0 Å². The summed E-state index contributed by atoms with van der Waals surface area (Å²) in [6.07, 6.45) is 1.01. The van der Waals surface area contributed by atoms with Gasteiger partial charge in [-0.25, -0.2) is 0 Å². The van der Waals surface area contributed by atoms with E-state index in [0.717, 1.165) is 18.7 Å². The summed E-state index contributed by atoms with van der Waals surface area (Å²) in [5.41, 5.74) is 8.29. The first-order valence-corrected chi connectivity index (χ1v) is 7.14. The molecule has 1 atom stereocenters. The van der Waals surface area contributed by atoms with Gasteiger partial charge in [-0.1, -0.05) is 48.5 Å². The summed E-state index contributed by atoms with van der Waals surface area (Å²) in [5.74, 6) is 0. The van der Waals surface area contributed by atoms with Gasteiger partial charge in [-0.3, -0.25) is 10.0 Å². The maximum Gasteiger partial charge on any atom is 0.185 e. The largest absolute Gasteiger partial charge is 0.375 e. The van der Waals surface area contributed by atoms with Crippen LogP contribution in [0.2, 0.25) is 0 Å². The third-order valence-corrected chi connectivity index (χ3v) is 3.84. The molecule has 0 amide bonds. The Morgan fingerprint density at radius 2 is 1.60 bits per heavy atom. The Bertz CT molecular complexity index is 585. The van der Waals surface area contributed by atoms with Gasteiger partial charge in [0.05, 0.1) is 11.7 Å². The maximum absolute atomic E-state index is 5.88. The molecule has 1 aliphatic heterocycles. The second kappa shape index (κ2) is 5.51. The highest BCUT2D eigenvalue weighted by Gasteiger charge is 2.33. The predicted octanol–water partition coefficient (Wildman–Crippen LogP) is 3.10. The monoisotopic (exact) mass is 283 g/mol. The highest BCUT2D eigenvalue weighted by molar-refractivity contribution is 7.80. The number of rotatable bonds is 2. The molecule has 1 heterocycles. The standard InChI is InChI=1S/C16H17N3S/c17-16(20)18-12-11-15(13-7-3-1-4-8-13)19(18)14-9-5-2-6-10-14/h1-10,15H,11-12H2,(H2,17,20)/t15-/m1/s1. The van der Waals surface area contributed by atoms with Crippen molar-refractivity contribution in [3.63, 3.8) is 0 Å². The number of para-hydroxylation sites is 1. The van der Waals surface area contributed by atoms with Crippen molar-refractivity contribution >= 4 is 23.0 Å².